The van der Waals surface area contributed by atoms with Crippen LogP contribution in [0.3, 0.4) is 0 Å². The van der Waals surface area contributed by atoms with E-state index in [9.17, 15) is 20.2 Å². The number of benzene rings is 2. The highest BCUT2D eigenvalue weighted by Crippen LogP contribution is 2.67. The Morgan fingerprint density at radius 3 is 2.34 bits per heavy atom. The average Bonchev–Trinajstić information content (AvgIpc) is 3.36. The van der Waals surface area contributed by atoms with Crippen molar-refractivity contribution in [3.8, 4) is 0 Å². The van der Waals surface area contributed by atoms with Crippen molar-refractivity contribution in [3.05, 3.63) is 102 Å². The normalized spacial score (nSPS) is 32.7. The first-order valence-corrected chi connectivity index (χ1v) is 9.97. The minimum atomic E-state index is -1.95. The summed E-state index contributed by atoms with van der Waals surface area (Å²) in [5.41, 5.74) is -0.531. The van der Waals surface area contributed by atoms with Gasteiger partial charge in [-0.25, -0.2) is 5.23 Å². The lowest BCUT2D eigenvalue weighted by molar-refractivity contribution is -0.758. The molecule has 158 valence electrons. The molecule has 0 spiro atoms. The summed E-state index contributed by atoms with van der Waals surface area (Å²) in [5, 5.41) is 33.6. The molecular weight excluding hydrogens is 418 g/mol. The number of nitro groups is 1. The molecule has 0 saturated heterocycles. The van der Waals surface area contributed by atoms with Crippen LogP contribution in [0.4, 0.5) is 0 Å². The maximum Gasteiger partial charge on any atom is 0.336 e. The summed E-state index contributed by atoms with van der Waals surface area (Å²) < 4.78 is 0. The first-order valence-electron chi connectivity index (χ1n) is 9.97. The molecular formula is C21H13N5O6. The van der Waals surface area contributed by atoms with Gasteiger partial charge in [-0.05, 0) is 39.0 Å². The van der Waals surface area contributed by atoms with Crippen molar-refractivity contribution >= 4 is 11.4 Å². The van der Waals surface area contributed by atoms with Crippen LogP contribution in [0, 0.1) is 26.1 Å². The van der Waals surface area contributed by atoms with Crippen LogP contribution in [-0.4, -0.2) is 32.0 Å². The molecule has 8 rings (SSSR count). The third-order valence-corrected chi connectivity index (χ3v) is 7.63. The Hall–Kier alpha value is -4.12. The second kappa shape index (κ2) is 5.19. The highest BCUT2D eigenvalue weighted by atomic mass is 17.0. The predicted molar refractivity (Wildman–Crippen MR) is 107 cm³/mol. The van der Waals surface area contributed by atoms with Gasteiger partial charge in [0.1, 0.15) is 5.71 Å². The molecule has 2 aromatic rings. The predicted octanol–water partition coefficient (Wildman–Crippen LogP) is 2.49. The van der Waals surface area contributed by atoms with Gasteiger partial charge in [0.05, 0.1) is 11.3 Å². The number of hydrogen-bond donors (Lipinski definition) is 0. The zero-order valence-electron chi connectivity index (χ0n) is 16.5. The van der Waals surface area contributed by atoms with Crippen molar-refractivity contribution in [2.45, 2.75) is 23.8 Å². The van der Waals surface area contributed by atoms with Gasteiger partial charge in [0, 0.05) is 10.8 Å². The molecule has 0 saturated carbocycles. The largest absolute Gasteiger partial charge is 0.722 e. The van der Waals surface area contributed by atoms with Crippen LogP contribution >= 0.6 is 0 Å². The second-order valence-electron chi connectivity index (χ2n) is 8.57. The van der Waals surface area contributed by atoms with E-state index >= 15 is 0 Å². The molecule has 0 unspecified atom stereocenters. The van der Waals surface area contributed by atoms with Gasteiger partial charge in [0.2, 0.25) is 0 Å². The molecule has 0 fully saturated rings. The number of oxime groups is 2. The van der Waals surface area contributed by atoms with E-state index in [0.717, 1.165) is 22.3 Å². The minimum Gasteiger partial charge on any atom is -0.722 e. The van der Waals surface area contributed by atoms with Crippen molar-refractivity contribution in [2.75, 3.05) is 0 Å². The standard InChI is InChI=1S/C21H13N5O6/c1-20-12-8-4-2-6-10(12)14(11-7-3-5-9-13(11)20)15-16-17(24(27)31-22-16)18-19(23-32-25(18)28)21(15,20)26(29)30/h2-9,14-15H,1H3/t14?,15-,20?,21+/m0/s1. The summed E-state index contributed by atoms with van der Waals surface area (Å²) in [4.78, 5) is 35.1. The van der Waals surface area contributed by atoms with Crippen molar-refractivity contribution in [3.63, 3.8) is 0 Å². The first kappa shape index (κ1) is 17.5. The molecule has 0 aromatic heterocycles. The quantitative estimate of drug-likeness (QED) is 0.500. The lowest BCUT2D eigenvalue weighted by Crippen LogP contribution is -2.74. The average molecular weight is 431 g/mol. The molecule has 2 aromatic carbocycles. The van der Waals surface area contributed by atoms with Gasteiger partial charge in [-0.3, -0.25) is 15.1 Å². The van der Waals surface area contributed by atoms with Gasteiger partial charge in [-0.2, -0.15) is 0 Å². The van der Waals surface area contributed by atoms with Crippen LogP contribution in [0.15, 0.2) is 70.2 Å². The number of hydrogen-bond acceptors (Lipinski definition) is 9. The Balaban J connectivity index is 1.71. The molecule has 2 atom stereocenters. The number of fused-ring (bicyclic) bond motifs is 2. The van der Waals surface area contributed by atoms with Gasteiger partial charge >= 0.3 is 16.9 Å². The summed E-state index contributed by atoms with van der Waals surface area (Å²) in [6, 6.07) is 15.1. The van der Waals surface area contributed by atoms with E-state index in [2.05, 4.69) is 10.3 Å². The number of hydroxylamine groups is 2. The van der Waals surface area contributed by atoms with Crippen molar-refractivity contribution in [2.24, 2.45) is 16.2 Å². The molecule has 11 nitrogen and oxygen atoms in total. The Morgan fingerprint density at radius 2 is 1.72 bits per heavy atom. The van der Waals surface area contributed by atoms with Gasteiger partial charge in [0.15, 0.2) is 15.8 Å². The van der Waals surface area contributed by atoms with E-state index in [0.29, 0.717) is 0 Å². The SMILES string of the molecule is CC12c3ccccc3C(c3ccccc31)[C@H]1C3=NON([O-])C3=C3C(=NO[N+]3=O)[C@]12[N+](=O)[O-]. The Labute approximate surface area is 179 Å². The van der Waals surface area contributed by atoms with Crippen LogP contribution in [-0.2, 0) is 15.3 Å². The van der Waals surface area contributed by atoms with E-state index in [1.54, 1.807) is 6.92 Å². The monoisotopic (exact) mass is 431 g/mol. The summed E-state index contributed by atoms with van der Waals surface area (Å²) in [6.45, 7) is 1.79. The van der Waals surface area contributed by atoms with Gasteiger partial charge in [0.25, 0.3) is 0 Å². The molecule has 2 bridgehead atoms. The van der Waals surface area contributed by atoms with Gasteiger partial charge in [-0.1, -0.05) is 53.7 Å². The lowest BCUT2D eigenvalue weighted by atomic mass is 9.41. The van der Waals surface area contributed by atoms with Crippen LogP contribution in [0.2, 0.25) is 0 Å². The second-order valence-corrected chi connectivity index (χ2v) is 8.57. The maximum absolute atomic E-state index is 13.2. The van der Waals surface area contributed by atoms with E-state index in [-0.39, 0.29) is 33.0 Å². The fraction of sp³-hybridized carbons (Fsp3) is 0.238. The van der Waals surface area contributed by atoms with Crippen LogP contribution < -0.4 is 0 Å². The smallest absolute Gasteiger partial charge is 0.336 e. The fourth-order valence-corrected chi connectivity index (χ4v) is 6.57. The Kier molecular flexibility index (Phi) is 2.85. The summed E-state index contributed by atoms with van der Waals surface area (Å²) >= 11 is 0. The summed E-state index contributed by atoms with van der Waals surface area (Å²) in [5.74, 6) is -1.46. The first-order chi connectivity index (χ1) is 15.4. The molecule has 32 heavy (non-hydrogen) atoms. The molecule has 2 heterocycles. The molecule has 2 aliphatic heterocycles. The van der Waals surface area contributed by atoms with Crippen LogP contribution in [0.1, 0.15) is 35.1 Å². The van der Waals surface area contributed by atoms with Gasteiger partial charge < -0.3 is 5.21 Å². The fourth-order valence-electron chi connectivity index (χ4n) is 6.57. The summed E-state index contributed by atoms with van der Waals surface area (Å²) in [7, 11) is 0. The highest BCUT2D eigenvalue weighted by Gasteiger charge is 2.84. The van der Waals surface area contributed by atoms with E-state index < -0.39 is 27.7 Å². The Morgan fingerprint density at radius 1 is 1.09 bits per heavy atom. The maximum atomic E-state index is 13.2. The number of allylic oxidation sites excluding steroid dienone is 1. The topological polar surface area (TPSA) is 133 Å². The number of rotatable bonds is 1. The van der Waals surface area contributed by atoms with Crippen LogP contribution in [0.5, 0.6) is 0 Å². The van der Waals surface area contributed by atoms with Gasteiger partial charge in [-0.15, -0.1) is 0 Å². The molecule has 0 amide bonds. The Bertz CT molecular complexity index is 1350. The minimum absolute atomic E-state index is 0.0185. The summed E-state index contributed by atoms with van der Waals surface area (Å²) in [6.07, 6.45) is 0. The highest BCUT2D eigenvalue weighted by molar-refractivity contribution is 6.22. The zero-order chi connectivity index (χ0) is 22.0. The zero-order valence-corrected chi connectivity index (χ0v) is 16.5. The van der Waals surface area contributed by atoms with E-state index in [1.165, 1.54) is 0 Å². The van der Waals surface area contributed by atoms with Crippen LogP contribution in [0.25, 0.3) is 0 Å². The van der Waals surface area contributed by atoms with E-state index in [1.807, 2.05) is 48.5 Å². The van der Waals surface area contributed by atoms with Crippen molar-refractivity contribution < 1.29 is 19.7 Å². The third-order valence-electron chi connectivity index (χ3n) is 7.63. The van der Waals surface area contributed by atoms with Crippen molar-refractivity contribution in [1.82, 2.24) is 5.23 Å². The van der Waals surface area contributed by atoms with E-state index in [4.69, 9.17) is 9.88 Å². The van der Waals surface area contributed by atoms with Crippen molar-refractivity contribution in [1.29, 1.82) is 0 Å². The molecule has 0 N–H and O–H groups in total. The molecule has 0 radical (unpaired) electrons. The molecule has 11 heteroatoms. The molecule has 6 aliphatic rings. The molecule has 4 aliphatic carbocycles. The third kappa shape index (κ3) is 1.51. The lowest BCUT2D eigenvalue weighted by Gasteiger charge is -2.57. The number of nitrogens with zero attached hydrogens (tertiary/aromatic N) is 5.